The molecule has 1 aliphatic rings. The SMILES string of the molecule is CCN(CC1CC1)c1nnc(SCC(=O)O)s1. The number of anilines is 1. The van der Waals surface area contributed by atoms with Crippen LogP contribution in [0, 0.1) is 5.92 Å². The Kier molecular flexibility index (Phi) is 4.22. The first-order valence-electron chi connectivity index (χ1n) is 5.62. The average Bonchev–Trinajstić information content (AvgIpc) is 3.00. The molecule has 1 aromatic rings. The molecule has 0 unspecified atom stereocenters. The second-order valence-corrected chi connectivity index (χ2v) is 6.19. The Balaban J connectivity index is 1.92. The topological polar surface area (TPSA) is 66.3 Å². The summed E-state index contributed by atoms with van der Waals surface area (Å²) in [6, 6.07) is 0. The van der Waals surface area contributed by atoms with Crippen LogP contribution in [-0.4, -0.2) is 40.1 Å². The Morgan fingerprint density at radius 2 is 2.35 bits per heavy atom. The highest BCUT2D eigenvalue weighted by Gasteiger charge is 2.25. The lowest BCUT2D eigenvalue weighted by Gasteiger charge is -2.18. The lowest BCUT2D eigenvalue weighted by Crippen LogP contribution is -2.24. The van der Waals surface area contributed by atoms with Crippen molar-refractivity contribution in [3.63, 3.8) is 0 Å². The summed E-state index contributed by atoms with van der Waals surface area (Å²) in [5.74, 6) is 0.0367. The maximum absolute atomic E-state index is 10.4. The molecule has 94 valence electrons. The van der Waals surface area contributed by atoms with Crippen LogP contribution in [0.15, 0.2) is 4.34 Å². The molecule has 7 heteroatoms. The van der Waals surface area contributed by atoms with E-state index in [1.165, 1.54) is 35.9 Å². The predicted molar refractivity (Wildman–Crippen MR) is 68.9 cm³/mol. The zero-order valence-corrected chi connectivity index (χ0v) is 11.3. The van der Waals surface area contributed by atoms with Crippen molar-refractivity contribution < 1.29 is 9.90 Å². The highest BCUT2D eigenvalue weighted by molar-refractivity contribution is 8.01. The quantitative estimate of drug-likeness (QED) is 0.766. The number of carboxylic acids is 1. The molecule has 1 N–H and O–H groups in total. The van der Waals surface area contributed by atoms with Crippen LogP contribution in [0.3, 0.4) is 0 Å². The Morgan fingerprint density at radius 3 is 2.94 bits per heavy atom. The standard InChI is InChI=1S/C10H15N3O2S2/c1-2-13(5-7-3-4-7)9-11-12-10(17-9)16-6-8(14)15/h7H,2-6H2,1H3,(H,14,15). The zero-order valence-electron chi connectivity index (χ0n) is 9.63. The van der Waals surface area contributed by atoms with Crippen LogP contribution in [0.4, 0.5) is 5.13 Å². The number of aliphatic carboxylic acids is 1. The van der Waals surface area contributed by atoms with Crippen LogP contribution in [0.2, 0.25) is 0 Å². The molecule has 2 rings (SSSR count). The zero-order chi connectivity index (χ0) is 12.3. The van der Waals surface area contributed by atoms with Crippen molar-refractivity contribution in [1.82, 2.24) is 10.2 Å². The molecule has 0 spiro atoms. The number of thioether (sulfide) groups is 1. The number of carboxylic acid groups (broad SMARTS) is 1. The molecule has 1 fully saturated rings. The second-order valence-electron chi connectivity index (χ2n) is 4.01. The summed E-state index contributed by atoms with van der Waals surface area (Å²) in [6.07, 6.45) is 2.63. The van der Waals surface area contributed by atoms with E-state index in [1.807, 2.05) is 0 Å². The molecular weight excluding hydrogens is 258 g/mol. The lowest BCUT2D eigenvalue weighted by atomic mass is 10.4. The molecule has 1 aliphatic carbocycles. The number of hydrogen-bond acceptors (Lipinski definition) is 6. The van der Waals surface area contributed by atoms with Gasteiger partial charge in [0.15, 0.2) is 4.34 Å². The minimum Gasteiger partial charge on any atom is -0.481 e. The molecule has 0 saturated heterocycles. The molecule has 0 radical (unpaired) electrons. The molecular formula is C10H15N3O2S2. The van der Waals surface area contributed by atoms with Gasteiger partial charge in [-0.25, -0.2) is 0 Å². The van der Waals surface area contributed by atoms with Gasteiger partial charge >= 0.3 is 5.97 Å². The Bertz CT molecular complexity index is 393. The van der Waals surface area contributed by atoms with Crippen molar-refractivity contribution in [3.8, 4) is 0 Å². The molecule has 17 heavy (non-hydrogen) atoms. The number of nitrogens with zero attached hydrogens (tertiary/aromatic N) is 3. The van der Waals surface area contributed by atoms with E-state index >= 15 is 0 Å². The minimum atomic E-state index is -0.822. The van der Waals surface area contributed by atoms with E-state index in [0.29, 0.717) is 0 Å². The van der Waals surface area contributed by atoms with E-state index in [9.17, 15) is 4.79 Å². The minimum absolute atomic E-state index is 0.0450. The van der Waals surface area contributed by atoms with Gasteiger partial charge < -0.3 is 10.0 Å². The summed E-state index contributed by atoms with van der Waals surface area (Å²) < 4.78 is 0.733. The highest BCUT2D eigenvalue weighted by Crippen LogP contribution is 2.33. The molecule has 1 heterocycles. The van der Waals surface area contributed by atoms with Gasteiger partial charge in [-0.05, 0) is 25.7 Å². The third-order valence-corrected chi connectivity index (χ3v) is 4.64. The largest absolute Gasteiger partial charge is 0.481 e. The first-order chi connectivity index (χ1) is 8.19. The molecule has 1 saturated carbocycles. The number of hydrogen-bond donors (Lipinski definition) is 1. The van der Waals surface area contributed by atoms with Gasteiger partial charge in [-0.15, -0.1) is 10.2 Å². The fourth-order valence-electron chi connectivity index (χ4n) is 1.47. The van der Waals surface area contributed by atoms with Gasteiger partial charge in [-0.2, -0.15) is 0 Å². The number of aromatic nitrogens is 2. The molecule has 0 bridgehead atoms. The summed E-state index contributed by atoms with van der Waals surface area (Å²) in [5, 5.41) is 17.6. The van der Waals surface area contributed by atoms with Gasteiger partial charge in [0.05, 0.1) is 5.75 Å². The van der Waals surface area contributed by atoms with Gasteiger partial charge in [0.2, 0.25) is 5.13 Å². The van der Waals surface area contributed by atoms with Crippen molar-refractivity contribution in [2.45, 2.75) is 24.1 Å². The van der Waals surface area contributed by atoms with E-state index in [0.717, 1.165) is 28.5 Å². The van der Waals surface area contributed by atoms with Crippen LogP contribution in [0.25, 0.3) is 0 Å². The molecule has 0 amide bonds. The Hall–Kier alpha value is -0.820. The molecule has 0 atom stereocenters. The fraction of sp³-hybridized carbons (Fsp3) is 0.700. The van der Waals surface area contributed by atoms with Crippen molar-refractivity contribution in [3.05, 3.63) is 0 Å². The number of rotatable bonds is 7. The summed E-state index contributed by atoms with van der Waals surface area (Å²) >= 11 is 2.71. The first kappa shape index (κ1) is 12.6. The third kappa shape index (κ3) is 3.85. The average molecular weight is 273 g/mol. The maximum Gasteiger partial charge on any atom is 0.313 e. The van der Waals surface area contributed by atoms with Crippen LogP contribution >= 0.6 is 23.1 Å². The Labute approximate surface area is 108 Å². The molecule has 1 aromatic heterocycles. The van der Waals surface area contributed by atoms with Gasteiger partial charge in [-0.1, -0.05) is 23.1 Å². The summed E-state index contributed by atoms with van der Waals surface area (Å²) in [5.41, 5.74) is 0. The maximum atomic E-state index is 10.4. The van der Waals surface area contributed by atoms with Crippen LogP contribution in [-0.2, 0) is 4.79 Å². The summed E-state index contributed by atoms with van der Waals surface area (Å²) in [7, 11) is 0. The third-order valence-electron chi connectivity index (χ3n) is 2.54. The van der Waals surface area contributed by atoms with Crippen molar-refractivity contribution in [1.29, 1.82) is 0 Å². The van der Waals surface area contributed by atoms with E-state index < -0.39 is 5.97 Å². The van der Waals surface area contributed by atoms with E-state index in [-0.39, 0.29) is 5.75 Å². The van der Waals surface area contributed by atoms with Crippen molar-refractivity contribution >= 4 is 34.2 Å². The van der Waals surface area contributed by atoms with Gasteiger partial charge in [0, 0.05) is 13.1 Å². The summed E-state index contributed by atoms with van der Waals surface area (Å²) in [4.78, 5) is 12.7. The van der Waals surface area contributed by atoms with Gasteiger partial charge in [-0.3, -0.25) is 4.79 Å². The fourth-order valence-corrected chi connectivity index (χ4v) is 3.10. The number of carbonyl (C=O) groups is 1. The van der Waals surface area contributed by atoms with Crippen LogP contribution in [0.5, 0.6) is 0 Å². The van der Waals surface area contributed by atoms with Crippen molar-refractivity contribution in [2.75, 3.05) is 23.7 Å². The second kappa shape index (κ2) is 5.68. The summed E-state index contributed by atoms with van der Waals surface area (Å²) in [6.45, 7) is 4.08. The van der Waals surface area contributed by atoms with Crippen LogP contribution < -0.4 is 4.90 Å². The monoisotopic (exact) mass is 273 g/mol. The van der Waals surface area contributed by atoms with Gasteiger partial charge in [0.1, 0.15) is 0 Å². The van der Waals surface area contributed by atoms with Crippen LogP contribution in [0.1, 0.15) is 19.8 Å². The normalized spacial score (nSPS) is 14.9. The van der Waals surface area contributed by atoms with E-state index in [4.69, 9.17) is 5.11 Å². The molecule has 5 nitrogen and oxygen atoms in total. The molecule has 0 aromatic carbocycles. The predicted octanol–water partition coefficient (Wildman–Crippen LogP) is 1.95. The van der Waals surface area contributed by atoms with E-state index in [2.05, 4.69) is 22.0 Å². The van der Waals surface area contributed by atoms with Crippen molar-refractivity contribution in [2.24, 2.45) is 5.92 Å². The molecule has 0 aliphatic heterocycles. The smallest absolute Gasteiger partial charge is 0.313 e. The lowest BCUT2D eigenvalue weighted by molar-refractivity contribution is -0.133. The highest BCUT2D eigenvalue weighted by atomic mass is 32.2. The first-order valence-corrected chi connectivity index (χ1v) is 7.42. The van der Waals surface area contributed by atoms with Gasteiger partial charge in [0.25, 0.3) is 0 Å². The Morgan fingerprint density at radius 1 is 1.59 bits per heavy atom. The van der Waals surface area contributed by atoms with E-state index in [1.54, 1.807) is 0 Å².